The zero-order valence-electron chi connectivity index (χ0n) is 13.7. The number of furan rings is 1. The van der Waals surface area contributed by atoms with E-state index < -0.39 is 23.7 Å². The van der Waals surface area contributed by atoms with E-state index >= 15 is 0 Å². The fourth-order valence-electron chi connectivity index (χ4n) is 3.47. The third kappa shape index (κ3) is 2.63. The van der Waals surface area contributed by atoms with E-state index in [1.54, 1.807) is 17.0 Å². The molecule has 8 heteroatoms. The van der Waals surface area contributed by atoms with Gasteiger partial charge in [-0.25, -0.2) is 9.18 Å². The first kappa shape index (κ1) is 16.3. The quantitative estimate of drug-likeness (QED) is 0.749. The van der Waals surface area contributed by atoms with Gasteiger partial charge < -0.3 is 14.4 Å². The van der Waals surface area contributed by atoms with Crippen LogP contribution in [0.15, 0.2) is 34.9 Å². The number of amides is 1. The number of H-pyrrole nitrogens is 1. The van der Waals surface area contributed by atoms with Crippen molar-refractivity contribution in [1.29, 1.82) is 0 Å². The van der Waals surface area contributed by atoms with Crippen molar-refractivity contribution in [2.45, 2.75) is 25.3 Å². The molecule has 1 fully saturated rings. The maximum Gasteiger partial charge on any atom is 0.339 e. The van der Waals surface area contributed by atoms with E-state index in [2.05, 4.69) is 10.2 Å². The van der Waals surface area contributed by atoms with Crippen molar-refractivity contribution >= 4 is 22.8 Å². The fraction of sp³-hybridized carbons (Fsp3) is 0.278. The van der Waals surface area contributed by atoms with Gasteiger partial charge in [0.15, 0.2) is 17.2 Å². The molecule has 1 aliphatic rings. The van der Waals surface area contributed by atoms with Gasteiger partial charge in [-0.3, -0.25) is 9.89 Å². The Morgan fingerprint density at radius 1 is 1.35 bits per heavy atom. The number of aromatic amines is 1. The number of aromatic carboxylic acids is 1. The van der Waals surface area contributed by atoms with Crippen LogP contribution in [0.3, 0.4) is 0 Å². The van der Waals surface area contributed by atoms with Crippen LogP contribution in [0.5, 0.6) is 0 Å². The normalized spacial score (nSPS) is 17.6. The second-order valence-electron chi connectivity index (χ2n) is 6.28. The van der Waals surface area contributed by atoms with E-state index in [1.807, 2.05) is 0 Å². The van der Waals surface area contributed by atoms with E-state index in [4.69, 9.17) is 4.42 Å². The number of rotatable bonds is 3. The molecule has 2 aromatic heterocycles. The molecule has 1 amide bonds. The number of likely N-dealkylation sites (tertiary alicyclic amines) is 1. The highest BCUT2D eigenvalue weighted by Gasteiger charge is 2.34. The molecule has 1 aromatic carbocycles. The third-order valence-corrected chi connectivity index (χ3v) is 4.70. The third-order valence-electron chi connectivity index (χ3n) is 4.70. The highest BCUT2D eigenvalue weighted by molar-refractivity contribution is 5.96. The topological polar surface area (TPSA) is 99.4 Å². The molecule has 0 bridgehead atoms. The van der Waals surface area contributed by atoms with E-state index in [0.29, 0.717) is 24.0 Å². The van der Waals surface area contributed by atoms with Crippen LogP contribution in [0.25, 0.3) is 11.0 Å². The second kappa shape index (κ2) is 6.29. The molecule has 4 rings (SSSR count). The lowest BCUT2D eigenvalue weighted by Crippen LogP contribution is -2.39. The molecule has 7 nitrogen and oxygen atoms in total. The Labute approximate surface area is 147 Å². The van der Waals surface area contributed by atoms with Crippen LogP contribution in [0.1, 0.15) is 51.9 Å². The number of nitrogens with zero attached hydrogens (tertiary/aromatic N) is 2. The van der Waals surface area contributed by atoms with Crippen LogP contribution in [0.4, 0.5) is 4.39 Å². The van der Waals surface area contributed by atoms with Crippen LogP contribution in [-0.2, 0) is 0 Å². The highest BCUT2D eigenvalue weighted by Crippen LogP contribution is 2.34. The molecular weight excluding hydrogens is 341 g/mol. The van der Waals surface area contributed by atoms with Crippen molar-refractivity contribution in [3.8, 4) is 0 Å². The molecule has 0 radical (unpaired) electrons. The summed E-state index contributed by atoms with van der Waals surface area (Å²) in [5, 5.41) is 16.4. The standard InChI is InChI=1S/C18H16FN3O4/c19-12-5-3-4-10-8-14(26-16(10)12)17(23)22-7-2-1-6-13(22)15-11(18(24)25)9-20-21-15/h3-5,8-9,13H,1-2,6-7H2,(H,20,21)(H,24,25). The lowest BCUT2D eigenvalue weighted by Gasteiger charge is -2.34. The van der Waals surface area contributed by atoms with E-state index in [9.17, 15) is 19.1 Å². The van der Waals surface area contributed by atoms with Gasteiger partial charge >= 0.3 is 5.97 Å². The van der Waals surface area contributed by atoms with E-state index in [1.165, 1.54) is 18.3 Å². The van der Waals surface area contributed by atoms with Crippen LogP contribution in [0, 0.1) is 5.82 Å². The number of aromatic nitrogens is 2. The van der Waals surface area contributed by atoms with Crippen molar-refractivity contribution in [2.75, 3.05) is 6.54 Å². The zero-order valence-corrected chi connectivity index (χ0v) is 13.7. The lowest BCUT2D eigenvalue weighted by molar-refractivity contribution is 0.0563. The fourth-order valence-corrected chi connectivity index (χ4v) is 3.47. The summed E-state index contributed by atoms with van der Waals surface area (Å²) < 4.78 is 19.3. The molecule has 0 spiro atoms. The molecule has 2 N–H and O–H groups in total. The molecule has 134 valence electrons. The first-order chi connectivity index (χ1) is 12.6. The molecule has 26 heavy (non-hydrogen) atoms. The average molecular weight is 357 g/mol. The summed E-state index contributed by atoms with van der Waals surface area (Å²) >= 11 is 0. The second-order valence-corrected chi connectivity index (χ2v) is 6.28. The molecule has 1 atom stereocenters. The van der Waals surface area contributed by atoms with Gasteiger partial charge in [0, 0.05) is 11.9 Å². The average Bonchev–Trinajstić information content (AvgIpc) is 3.29. The number of carboxylic acids is 1. The number of nitrogens with one attached hydrogen (secondary N) is 1. The Hall–Kier alpha value is -3.16. The van der Waals surface area contributed by atoms with Crippen LogP contribution >= 0.6 is 0 Å². The summed E-state index contributed by atoms with van der Waals surface area (Å²) in [5.74, 6) is -1.99. The molecule has 3 heterocycles. The minimum absolute atomic E-state index is 0.0355. The number of para-hydroxylation sites is 1. The van der Waals surface area contributed by atoms with Crippen LogP contribution < -0.4 is 0 Å². The van der Waals surface area contributed by atoms with Crippen molar-refractivity contribution in [1.82, 2.24) is 15.1 Å². The number of hydrogen-bond donors (Lipinski definition) is 2. The van der Waals surface area contributed by atoms with E-state index in [-0.39, 0.29) is 16.9 Å². The zero-order chi connectivity index (χ0) is 18.3. The number of carbonyl (C=O) groups excluding carboxylic acids is 1. The number of piperidine rings is 1. The molecule has 3 aromatic rings. The molecule has 1 aliphatic heterocycles. The number of carboxylic acid groups (broad SMARTS) is 1. The minimum atomic E-state index is -1.10. The van der Waals surface area contributed by atoms with Gasteiger partial charge in [-0.1, -0.05) is 12.1 Å². The SMILES string of the molecule is O=C(O)c1cn[nH]c1C1CCCCN1C(=O)c1cc2cccc(F)c2o1. The van der Waals surface area contributed by atoms with Gasteiger partial charge in [0.05, 0.1) is 17.9 Å². The van der Waals surface area contributed by atoms with Crippen molar-refractivity contribution in [3.05, 3.63) is 53.3 Å². The molecule has 1 unspecified atom stereocenters. The Morgan fingerprint density at radius 3 is 2.96 bits per heavy atom. The van der Waals surface area contributed by atoms with Crippen LogP contribution in [-0.4, -0.2) is 38.6 Å². The van der Waals surface area contributed by atoms with Crippen molar-refractivity contribution in [2.24, 2.45) is 0 Å². The summed E-state index contributed by atoms with van der Waals surface area (Å²) in [7, 11) is 0. The van der Waals surface area contributed by atoms with Gasteiger partial charge in [-0.05, 0) is 31.4 Å². The summed E-state index contributed by atoms with van der Waals surface area (Å²) in [5.41, 5.74) is 0.482. The predicted octanol–water partition coefficient (Wildman–Crippen LogP) is 3.36. The Balaban J connectivity index is 1.71. The maximum absolute atomic E-state index is 13.8. The number of carbonyl (C=O) groups is 2. The van der Waals surface area contributed by atoms with Gasteiger partial charge in [0.1, 0.15) is 5.56 Å². The monoisotopic (exact) mass is 357 g/mol. The lowest BCUT2D eigenvalue weighted by atomic mass is 9.96. The maximum atomic E-state index is 13.8. The van der Waals surface area contributed by atoms with Gasteiger partial charge in [0.25, 0.3) is 5.91 Å². The minimum Gasteiger partial charge on any atom is -0.478 e. The summed E-state index contributed by atoms with van der Waals surface area (Å²) in [4.78, 5) is 26.0. The summed E-state index contributed by atoms with van der Waals surface area (Å²) in [6, 6.07) is 5.56. The van der Waals surface area contributed by atoms with Gasteiger partial charge in [-0.15, -0.1) is 0 Å². The Morgan fingerprint density at radius 2 is 2.19 bits per heavy atom. The van der Waals surface area contributed by atoms with Crippen molar-refractivity contribution in [3.63, 3.8) is 0 Å². The number of fused-ring (bicyclic) bond motifs is 1. The van der Waals surface area contributed by atoms with Crippen LogP contribution in [0.2, 0.25) is 0 Å². The highest BCUT2D eigenvalue weighted by atomic mass is 19.1. The largest absolute Gasteiger partial charge is 0.478 e. The smallest absolute Gasteiger partial charge is 0.339 e. The predicted molar refractivity (Wildman–Crippen MR) is 89.3 cm³/mol. The number of hydrogen-bond acceptors (Lipinski definition) is 4. The van der Waals surface area contributed by atoms with E-state index in [0.717, 1.165) is 12.8 Å². The summed E-state index contributed by atoms with van der Waals surface area (Å²) in [6.45, 7) is 0.459. The van der Waals surface area contributed by atoms with Gasteiger partial charge in [-0.2, -0.15) is 5.10 Å². The molecule has 0 aliphatic carbocycles. The van der Waals surface area contributed by atoms with Crippen molar-refractivity contribution < 1.29 is 23.5 Å². The Bertz CT molecular complexity index is 993. The first-order valence-electron chi connectivity index (χ1n) is 8.32. The number of benzene rings is 1. The summed E-state index contributed by atoms with van der Waals surface area (Å²) in [6.07, 6.45) is 3.52. The first-order valence-corrected chi connectivity index (χ1v) is 8.32. The Kier molecular flexibility index (Phi) is 3.95. The number of halogens is 1. The molecule has 1 saturated heterocycles. The molecule has 0 saturated carbocycles. The molecular formula is C18H16FN3O4. The van der Waals surface area contributed by atoms with Gasteiger partial charge in [0.2, 0.25) is 0 Å².